The van der Waals surface area contributed by atoms with Crippen LogP contribution < -0.4 is 15.7 Å². The fourth-order valence-corrected chi connectivity index (χ4v) is 4.79. The Morgan fingerprint density at radius 1 is 1.31 bits per heavy atom. The molecule has 0 atom stereocenters. The summed E-state index contributed by atoms with van der Waals surface area (Å²) in [6.07, 6.45) is 3.52. The molecule has 132 valence electrons. The molecule has 0 radical (unpaired) electrons. The number of rotatable bonds is 3. The lowest BCUT2D eigenvalue weighted by atomic mass is 10.1. The minimum atomic E-state index is -0.167. The quantitative estimate of drug-likeness (QED) is 0.602. The molecule has 0 saturated carbocycles. The third-order valence-electron chi connectivity index (χ3n) is 4.81. The average Bonchev–Trinajstić information content (AvgIpc) is 3.30. The normalized spacial score (nSPS) is 13.7. The van der Waals surface area contributed by atoms with E-state index >= 15 is 0 Å². The smallest absolute Gasteiger partial charge is 0.352 e. The van der Waals surface area contributed by atoms with Crippen LogP contribution in [0.3, 0.4) is 0 Å². The highest BCUT2D eigenvalue weighted by atomic mass is 32.1. The summed E-state index contributed by atoms with van der Waals surface area (Å²) < 4.78 is 8.42. The van der Waals surface area contributed by atoms with Crippen molar-refractivity contribution < 1.29 is 4.74 Å². The van der Waals surface area contributed by atoms with Crippen molar-refractivity contribution in [2.24, 2.45) is 0 Å². The number of anilines is 1. The van der Waals surface area contributed by atoms with Gasteiger partial charge in [0.1, 0.15) is 16.9 Å². The van der Waals surface area contributed by atoms with Crippen LogP contribution in [-0.2, 0) is 13.0 Å². The number of aromatic nitrogens is 4. The standard InChI is InChI=1S/C18H17N5O2S/c1-25-12-6-4-11(5-7-12)9-22-17-14(13-3-2-8-19-16(13)26-17)15-20-10-21-23(15)18(22)24/h4-7,10,19H,2-3,8-9H2,1H3. The van der Waals surface area contributed by atoms with Crippen LogP contribution >= 0.6 is 11.3 Å². The van der Waals surface area contributed by atoms with Crippen LogP contribution in [0.1, 0.15) is 17.5 Å². The van der Waals surface area contributed by atoms with E-state index in [4.69, 9.17) is 4.74 Å². The molecule has 4 heterocycles. The summed E-state index contributed by atoms with van der Waals surface area (Å²) in [6.45, 7) is 1.44. The summed E-state index contributed by atoms with van der Waals surface area (Å²) in [5.74, 6) is 0.800. The Balaban J connectivity index is 1.75. The Labute approximate surface area is 152 Å². The molecule has 8 heteroatoms. The first-order chi connectivity index (χ1) is 12.8. The first-order valence-corrected chi connectivity index (χ1v) is 9.32. The SMILES string of the molecule is COc1ccc(Cn2c(=O)n3ncnc3c3c4c(sc32)NCCC4)cc1. The van der Waals surface area contributed by atoms with Gasteiger partial charge < -0.3 is 10.1 Å². The van der Waals surface area contributed by atoms with Crippen molar-refractivity contribution in [2.75, 3.05) is 19.0 Å². The van der Waals surface area contributed by atoms with Gasteiger partial charge in [0, 0.05) is 6.54 Å². The van der Waals surface area contributed by atoms with Gasteiger partial charge >= 0.3 is 5.69 Å². The molecule has 1 aromatic carbocycles. The highest BCUT2D eigenvalue weighted by Gasteiger charge is 2.23. The summed E-state index contributed by atoms with van der Waals surface area (Å²) in [6, 6.07) is 7.78. The summed E-state index contributed by atoms with van der Waals surface area (Å²) >= 11 is 1.63. The van der Waals surface area contributed by atoms with Crippen molar-refractivity contribution in [3.63, 3.8) is 0 Å². The fraction of sp³-hybridized carbons (Fsp3) is 0.278. The molecule has 0 fully saturated rings. The lowest BCUT2D eigenvalue weighted by molar-refractivity contribution is 0.414. The second kappa shape index (κ2) is 5.84. The molecule has 0 bridgehead atoms. The summed E-state index contributed by atoms with van der Waals surface area (Å²) in [4.78, 5) is 18.3. The third-order valence-corrected chi connectivity index (χ3v) is 6.02. The second-order valence-electron chi connectivity index (χ2n) is 6.33. The number of methoxy groups -OCH3 is 1. The molecule has 7 nitrogen and oxygen atoms in total. The number of benzene rings is 1. The van der Waals surface area contributed by atoms with Gasteiger partial charge in [-0.3, -0.25) is 4.57 Å². The van der Waals surface area contributed by atoms with Gasteiger partial charge in [-0.25, -0.2) is 9.78 Å². The number of hydrogen-bond acceptors (Lipinski definition) is 6. The maximum absolute atomic E-state index is 13.0. The highest BCUT2D eigenvalue weighted by Crippen LogP contribution is 2.39. The number of nitrogens with one attached hydrogen (secondary N) is 1. The van der Waals surface area contributed by atoms with Crippen LogP contribution in [0.4, 0.5) is 5.00 Å². The Morgan fingerprint density at radius 2 is 2.15 bits per heavy atom. The minimum Gasteiger partial charge on any atom is -0.497 e. The monoisotopic (exact) mass is 367 g/mol. The molecular weight excluding hydrogens is 350 g/mol. The van der Waals surface area contributed by atoms with Crippen LogP contribution in [0.5, 0.6) is 5.75 Å². The van der Waals surface area contributed by atoms with Crippen molar-refractivity contribution >= 4 is 32.2 Å². The number of aryl methyl sites for hydroxylation is 1. The molecule has 1 N–H and O–H groups in total. The largest absolute Gasteiger partial charge is 0.497 e. The maximum Gasteiger partial charge on any atom is 0.352 e. The topological polar surface area (TPSA) is 73.5 Å². The van der Waals surface area contributed by atoms with Crippen LogP contribution in [0, 0.1) is 0 Å². The van der Waals surface area contributed by atoms with E-state index in [1.807, 2.05) is 24.3 Å². The van der Waals surface area contributed by atoms with Crippen molar-refractivity contribution in [3.05, 3.63) is 52.2 Å². The Bertz CT molecular complexity index is 1170. The third kappa shape index (κ3) is 2.22. The Morgan fingerprint density at radius 3 is 2.96 bits per heavy atom. The van der Waals surface area contributed by atoms with Gasteiger partial charge in [-0.15, -0.1) is 0 Å². The highest BCUT2D eigenvalue weighted by molar-refractivity contribution is 7.22. The lowest BCUT2D eigenvalue weighted by Gasteiger charge is -2.13. The van der Waals surface area contributed by atoms with E-state index in [0.29, 0.717) is 12.2 Å². The number of ether oxygens (including phenoxy) is 1. The number of thiophene rings is 1. The summed E-state index contributed by atoms with van der Waals surface area (Å²) in [7, 11) is 1.64. The molecule has 3 aromatic heterocycles. The van der Waals surface area contributed by atoms with Crippen LogP contribution in [0.25, 0.3) is 15.9 Å². The van der Waals surface area contributed by atoms with Crippen molar-refractivity contribution in [3.8, 4) is 5.75 Å². The van der Waals surface area contributed by atoms with Gasteiger partial charge in [-0.05, 0) is 36.1 Å². The second-order valence-corrected chi connectivity index (χ2v) is 7.33. The van der Waals surface area contributed by atoms with Gasteiger partial charge in [0.2, 0.25) is 0 Å². The van der Waals surface area contributed by atoms with Crippen LogP contribution in [0.2, 0.25) is 0 Å². The first-order valence-electron chi connectivity index (χ1n) is 8.51. The van der Waals surface area contributed by atoms with Gasteiger partial charge in [0.05, 0.1) is 24.0 Å². The Kier molecular flexibility index (Phi) is 3.46. The molecular formula is C18H17N5O2S. The van der Waals surface area contributed by atoms with Crippen LogP contribution in [-0.4, -0.2) is 32.8 Å². The van der Waals surface area contributed by atoms with Crippen LogP contribution in [0.15, 0.2) is 35.4 Å². The van der Waals surface area contributed by atoms with Gasteiger partial charge in [0.25, 0.3) is 0 Å². The molecule has 1 aliphatic heterocycles. The molecule has 0 aliphatic carbocycles. The van der Waals surface area contributed by atoms with Gasteiger partial charge in [-0.2, -0.15) is 9.61 Å². The van der Waals surface area contributed by atoms with E-state index in [9.17, 15) is 4.79 Å². The van der Waals surface area contributed by atoms with E-state index in [2.05, 4.69) is 15.4 Å². The zero-order chi connectivity index (χ0) is 17.7. The molecule has 5 rings (SSSR count). The first kappa shape index (κ1) is 15.4. The molecule has 1 aliphatic rings. The molecule has 0 saturated heterocycles. The lowest BCUT2D eigenvalue weighted by Crippen LogP contribution is -2.27. The molecule has 26 heavy (non-hydrogen) atoms. The Hall–Kier alpha value is -2.87. The predicted octanol–water partition coefficient (Wildman–Crippen LogP) is 2.52. The summed E-state index contributed by atoms with van der Waals surface area (Å²) in [5, 5.41) is 9.81. The fourth-order valence-electron chi connectivity index (χ4n) is 3.53. The van der Waals surface area contributed by atoms with Crippen molar-refractivity contribution in [1.29, 1.82) is 0 Å². The number of fused-ring (bicyclic) bond motifs is 5. The molecule has 0 spiro atoms. The van der Waals surface area contributed by atoms with E-state index in [1.54, 1.807) is 23.0 Å². The molecule has 0 unspecified atom stereocenters. The molecule has 4 aromatic rings. The van der Waals surface area contributed by atoms with E-state index in [-0.39, 0.29) is 5.69 Å². The van der Waals surface area contributed by atoms with Gasteiger partial charge in [0.15, 0.2) is 5.65 Å². The van der Waals surface area contributed by atoms with Crippen molar-refractivity contribution in [2.45, 2.75) is 19.4 Å². The maximum atomic E-state index is 13.0. The minimum absolute atomic E-state index is 0.167. The zero-order valence-corrected chi connectivity index (χ0v) is 15.0. The number of nitrogens with zero attached hydrogens (tertiary/aromatic N) is 4. The average molecular weight is 367 g/mol. The number of hydrogen-bond donors (Lipinski definition) is 1. The van der Waals surface area contributed by atoms with E-state index in [1.165, 1.54) is 16.4 Å². The molecule has 0 amide bonds. The zero-order valence-electron chi connectivity index (χ0n) is 14.2. The van der Waals surface area contributed by atoms with Crippen molar-refractivity contribution in [1.82, 2.24) is 19.2 Å². The summed E-state index contributed by atoms with van der Waals surface area (Å²) in [5.41, 5.74) is 2.77. The van der Waals surface area contributed by atoms with E-state index < -0.39 is 0 Å². The van der Waals surface area contributed by atoms with Gasteiger partial charge in [-0.1, -0.05) is 23.5 Å². The van der Waals surface area contributed by atoms with E-state index in [0.717, 1.165) is 45.9 Å². The predicted molar refractivity (Wildman–Crippen MR) is 102 cm³/mol.